The molecule has 0 amide bonds. The predicted octanol–water partition coefficient (Wildman–Crippen LogP) is 1.89. The van der Waals surface area contributed by atoms with Crippen LogP contribution in [0.1, 0.15) is 11.1 Å². The van der Waals surface area contributed by atoms with Gasteiger partial charge in [-0.05, 0) is 36.8 Å². The molecule has 1 aromatic heterocycles. The van der Waals surface area contributed by atoms with E-state index in [4.69, 9.17) is 27.0 Å². The summed E-state index contributed by atoms with van der Waals surface area (Å²) < 4.78 is 10.7. The molecule has 1 heterocycles. The van der Waals surface area contributed by atoms with Crippen LogP contribution < -0.4 is 20.1 Å². The predicted molar refractivity (Wildman–Crippen MR) is 94.2 cm³/mol. The molecule has 0 radical (unpaired) electrons. The van der Waals surface area contributed by atoms with Gasteiger partial charge in [-0.15, -0.1) is 5.10 Å². The first-order chi connectivity index (χ1) is 11.7. The molecule has 0 aliphatic carbocycles. The van der Waals surface area contributed by atoms with Crippen LogP contribution in [0, 0.1) is 11.3 Å². The minimum atomic E-state index is 0.326. The van der Waals surface area contributed by atoms with Crippen LogP contribution >= 0.6 is 12.2 Å². The Hall–Kier alpha value is -2.92. The van der Waals surface area contributed by atoms with Crippen molar-refractivity contribution < 1.29 is 9.47 Å². The zero-order valence-electron chi connectivity index (χ0n) is 13.4. The van der Waals surface area contributed by atoms with E-state index in [9.17, 15) is 0 Å². The van der Waals surface area contributed by atoms with Crippen LogP contribution in [0.15, 0.2) is 30.5 Å². The monoisotopic (exact) mass is 343 g/mol. The van der Waals surface area contributed by atoms with Gasteiger partial charge in [-0.1, -0.05) is 6.07 Å². The molecule has 24 heavy (non-hydrogen) atoms. The first-order valence-corrected chi connectivity index (χ1v) is 7.57. The lowest BCUT2D eigenvalue weighted by Crippen LogP contribution is -2.31. The molecule has 0 fully saturated rings. The summed E-state index contributed by atoms with van der Waals surface area (Å²) in [7, 11) is 3.24. The van der Waals surface area contributed by atoms with Gasteiger partial charge in [-0.2, -0.15) is 10.4 Å². The number of nitrogens with zero attached hydrogens (tertiary/aromatic N) is 3. The van der Waals surface area contributed by atoms with Gasteiger partial charge in [0.15, 0.2) is 10.9 Å². The van der Waals surface area contributed by atoms with Crippen LogP contribution in [0.2, 0.25) is 0 Å². The van der Waals surface area contributed by atoms with Crippen molar-refractivity contribution in [2.45, 2.75) is 6.42 Å². The van der Waals surface area contributed by atoms with Crippen LogP contribution in [0.25, 0.3) is 0 Å². The van der Waals surface area contributed by atoms with Crippen molar-refractivity contribution in [1.82, 2.24) is 15.5 Å². The topological polar surface area (TPSA) is 92.1 Å². The number of rotatable bonds is 6. The number of methoxy groups -OCH3 is 2. The molecule has 0 aliphatic rings. The van der Waals surface area contributed by atoms with E-state index >= 15 is 0 Å². The molecule has 7 nitrogen and oxygen atoms in total. The molecule has 2 rings (SSSR count). The van der Waals surface area contributed by atoms with Gasteiger partial charge >= 0.3 is 0 Å². The fourth-order valence-electron chi connectivity index (χ4n) is 2.14. The summed E-state index contributed by atoms with van der Waals surface area (Å²) in [6, 6.07) is 9.23. The smallest absolute Gasteiger partial charge is 0.172 e. The van der Waals surface area contributed by atoms with Gasteiger partial charge < -0.3 is 20.1 Å². The Bertz CT molecular complexity index is 738. The highest BCUT2D eigenvalue weighted by Gasteiger charge is 2.10. The molecular weight excluding hydrogens is 326 g/mol. The standard InChI is InChI=1S/C16H17N5O2S/c1-22-13-4-3-5-14(23-2)12(13)7-8-18-16(24)20-15-11(10-17)6-9-19-21-15/h3-6,9H,7-8H2,1-2H3,(H2,18,20,21,24). The van der Waals surface area contributed by atoms with Crippen molar-refractivity contribution in [3.8, 4) is 17.6 Å². The van der Waals surface area contributed by atoms with E-state index in [-0.39, 0.29) is 0 Å². The van der Waals surface area contributed by atoms with Crippen LogP contribution in [-0.2, 0) is 6.42 Å². The quantitative estimate of drug-likeness (QED) is 0.768. The summed E-state index contributed by atoms with van der Waals surface area (Å²) in [4.78, 5) is 0. The molecule has 8 heteroatoms. The van der Waals surface area contributed by atoms with E-state index in [2.05, 4.69) is 20.8 Å². The third-order valence-corrected chi connectivity index (χ3v) is 3.51. The number of thiocarbonyl (C=S) groups is 1. The normalized spacial score (nSPS) is 9.71. The fraction of sp³-hybridized carbons (Fsp3) is 0.250. The maximum atomic E-state index is 9.02. The van der Waals surface area contributed by atoms with Gasteiger partial charge in [0.1, 0.15) is 17.6 Å². The van der Waals surface area contributed by atoms with Crippen LogP contribution in [0.5, 0.6) is 11.5 Å². The van der Waals surface area contributed by atoms with E-state index in [0.717, 1.165) is 17.1 Å². The average molecular weight is 343 g/mol. The number of hydrogen-bond donors (Lipinski definition) is 2. The van der Waals surface area contributed by atoms with E-state index in [0.29, 0.717) is 29.5 Å². The molecule has 124 valence electrons. The first kappa shape index (κ1) is 17.4. The van der Waals surface area contributed by atoms with Gasteiger partial charge in [0.25, 0.3) is 0 Å². The van der Waals surface area contributed by atoms with E-state index < -0.39 is 0 Å². The Morgan fingerprint density at radius 1 is 1.25 bits per heavy atom. The van der Waals surface area contributed by atoms with E-state index in [1.165, 1.54) is 6.20 Å². The van der Waals surface area contributed by atoms with Crippen molar-refractivity contribution in [1.29, 1.82) is 5.26 Å². The Kier molecular flexibility index (Phi) is 6.28. The molecular formula is C16H17N5O2S. The number of ether oxygens (including phenoxy) is 2. The van der Waals surface area contributed by atoms with Crippen LogP contribution in [-0.4, -0.2) is 36.1 Å². The number of nitrogens with one attached hydrogen (secondary N) is 2. The highest BCUT2D eigenvalue weighted by Crippen LogP contribution is 2.28. The summed E-state index contributed by atoms with van der Waals surface area (Å²) in [5.41, 5.74) is 1.33. The van der Waals surface area contributed by atoms with Gasteiger partial charge in [-0.3, -0.25) is 0 Å². The number of hydrogen-bond acceptors (Lipinski definition) is 6. The molecule has 1 aromatic carbocycles. The average Bonchev–Trinajstić information content (AvgIpc) is 2.62. The lowest BCUT2D eigenvalue weighted by molar-refractivity contribution is 0.385. The molecule has 0 saturated carbocycles. The molecule has 2 aromatic rings. The lowest BCUT2D eigenvalue weighted by atomic mass is 10.1. The molecule has 0 bridgehead atoms. The molecule has 0 unspecified atom stereocenters. The van der Waals surface area contributed by atoms with Crippen LogP contribution in [0.3, 0.4) is 0 Å². The molecule has 0 spiro atoms. The summed E-state index contributed by atoms with van der Waals surface area (Å²) in [6.45, 7) is 0.560. The zero-order chi connectivity index (χ0) is 17.4. The number of anilines is 1. The minimum absolute atomic E-state index is 0.326. The second-order valence-corrected chi connectivity index (χ2v) is 5.09. The van der Waals surface area contributed by atoms with Crippen molar-refractivity contribution in [2.24, 2.45) is 0 Å². The summed E-state index contributed by atoms with van der Waals surface area (Å²) in [6.07, 6.45) is 2.11. The SMILES string of the molecule is COc1cccc(OC)c1CCNC(=S)Nc1nnccc1C#N. The number of benzene rings is 1. The van der Waals surface area contributed by atoms with Crippen LogP contribution in [0.4, 0.5) is 5.82 Å². The number of nitriles is 1. The molecule has 0 saturated heterocycles. The first-order valence-electron chi connectivity index (χ1n) is 7.16. The van der Waals surface area contributed by atoms with Crippen molar-refractivity contribution >= 4 is 23.1 Å². The third kappa shape index (κ3) is 4.30. The zero-order valence-corrected chi connectivity index (χ0v) is 14.2. The summed E-state index contributed by atoms with van der Waals surface area (Å²) >= 11 is 5.22. The second kappa shape index (κ2) is 8.64. The summed E-state index contributed by atoms with van der Waals surface area (Å²) in [5, 5.41) is 22.9. The largest absolute Gasteiger partial charge is 0.496 e. The maximum absolute atomic E-state index is 9.02. The maximum Gasteiger partial charge on any atom is 0.172 e. The van der Waals surface area contributed by atoms with Crippen molar-refractivity contribution in [2.75, 3.05) is 26.1 Å². The Balaban J connectivity index is 1.95. The summed E-state index contributed by atoms with van der Waals surface area (Å²) in [5.74, 6) is 1.85. The highest BCUT2D eigenvalue weighted by molar-refractivity contribution is 7.80. The lowest BCUT2D eigenvalue weighted by Gasteiger charge is -2.14. The Morgan fingerprint density at radius 2 is 1.96 bits per heavy atom. The third-order valence-electron chi connectivity index (χ3n) is 3.26. The number of aromatic nitrogens is 2. The van der Waals surface area contributed by atoms with Gasteiger partial charge in [0.05, 0.1) is 26.0 Å². The Morgan fingerprint density at radius 3 is 2.58 bits per heavy atom. The van der Waals surface area contributed by atoms with Gasteiger partial charge in [-0.25, -0.2) is 0 Å². The van der Waals surface area contributed by atoms with E-state index in [1.807, 2.05) is 24.3 Å². The molecule has 0 aliphatic heterocycles. The fourth-order valence-corrected chi connectivity index (χ4v) is 2.34. The van der Waals surface area contributed by atoms with E-state index in [1.54, 1.807) is 20.3 Å². The highest BCUT2D eigenvalue weighted by atomic mass is 32.1. The minimum Gasteiger partial charge on any atom is -0.496 e. The van der Waals surface area contributed by atoms with Gasteiger partial charge in [0, 0.05) is 12.1 Å². The van der Waals surface area contributed by atoms with Gasteiger partial charge in [0.2, 0.25) is 0 Å². The molecule has 2 N–H and O–H groups in total. The Labute approximate surface area is 145 Å². The van der Waals surface area contributed by atoms with Crippen molar-refractivity contribution in [3.05, 3.63) is 41.6 Å². The van der Waals surface area contributed by atoms with Crippen molar-refractivity contribution in [3.63, 3.8) is 0 Å². The molecule has 0 atom stereocenters. The second-order valence-electron chi connectivity index (χ2n) is 4.68.